The van der Waals surface area contributed by atoms with Gasteiger partial charge in [0.2, 0.25) is 5.95 Å². The van der Waals surface area contributed by atoms with Crippen LogP contribution in [0.4, 0.5) is 24.3 Å². The number of aryl methyl sites for hydroxylation is 1. The van der Waals surface area contributed by atoms with E-state index >= 15 is 0 Å². The van der Waals surface area contributed by atoms with E-state index in [4.69, 9.17) is 0 Å². The van der Waals surface area contributed by atoms with Crippen molar-refractivity contribution in [1.29, 1.82) is 0 Å². The Bertz CT molecular complexity index is 1510. The van der Waals surface area contributed by atoms with E-state index in [0.29, 0.717) is 32.4 Å². The molecule has 13 heteroatoms. The van der Waals surface area contributed by atoms with Crippen molar-refractivity contribution >= 4 is 59.3 Å². The summed E-state index contributed by atoms with van der Waals surface area (Å²) in [5.41, 5.74) is 2.25. The molecule has 0 saturated carbocycles. The zero-order valence-electron chi connectivity index (χ0n) is 18.7. The number of rotatable bonds is 9. The van der Waals surface area contributed by atoms with E-state index in [2.05, 4.69) is 20.0 Å². The summed E-state index contributed by atoms with van der Waals surface area (Å²) < 4.78 is 66.9. The van der Waals surface area contributed by atoms with Gasteiger partial charge in [-0.05, 0) is 36.8 Å². The number of nitrogens with zero attached hydrogens (tertiary/aromatic N) is 3. The maximum absolute atomic E-state index is 12.5. The van der Waals surface area contributed by atoms with Crippen molar-refractivity contribution in [2.24, 2.45) is 7.05 Å². The number of carbonyl (C=O) groups is 1. The molecule has 0 radical (unpaired) electrons. The summed E-state index contributed by atoms with van der Waals surface area (Å²) in [6.45, 7) is 1.58. The molecule has 8 nitrogen and oxygen atoms in total. The Hall–Kier alpha value is -3.19. The minimum Gasteiger partial charge on any atom is -0.406 e. The van der Waals surface area contributed by atoms with E-state index in [0.717, 1.165) is 16.9 Å². The zero-order chi connectivity index (χ0) is 25.4. The Morgan fingerprint density at radius 3 is 2.63 bits per heavy atom. The molecular weight excluding hydrogens is 505 g/mol. The number of carbonyl (C=O) groups excluding carboxylic acids is 1. The lowest BCUT2D eigenvalue weighted by Crippen LogP contribution is -2.16. The average Bonchev–Trinajstić information content (AvgIpc) is 3.32. The van der Waals surface area contributed by atoms with Crippen LogP contribution in [0.1, 0.15) is 30.1 Å². The summed E-state index contributed by atoms with van der Waals surface area (Å²) in [5, 5.41) is 3.50. The average molecular weight is 527 g/mol. The molecule has 2 heterocycles. The third-order valence-electron chi connectivity index (χ3n) is 5.31. The minimum absolute atomic E-state index is 0.0267. The summed E-state index contributed by atoms with van der Waals surface area (Å²) in [5.74, 6) is -0.0342. The van der Waals surface area contributed by atoms with Crippen molar-refractivity contribution < 1.29 is 31.1 Å². The van der Waals surface area contributed by atoms with E-state index in [-0.39, 0.29) is 35.9 Å². The Balaban J connectivity index is 1.51. The Morgan fingerprint density at radius 2 is 1.91 bits per heavy atom. The topological polar surface area (TPSA) is 103 Å². The van der Waals surface area contributed by atoms with Crippen LogP contribution in [0.15, 0.2) is 36.4 Å². The number of halogens is 3. The molecule has 0 unspecified atom stereocenters. The number of aromatic nitrogens is 3. The molecule has 4 aromatic rings. The summed E-state index contributed by atoms with van der Waals surface area (Å²) >= 11 is 1.15. The van der Waals surface area contributed by atoms with Gasteiger partial charge in [-0.3, -0.25) is 4.79 Å². The van der Waals surface area contributed by atoms with Crippen LogP contribution in [-0.2, 0) is 16.9 Å². The van der Waals surface area contributed by atoms with Crippen LogP contribution in [0, 0.1) is 0 Å². The number of alkyl halides is 3. The Kier molecular flexibility index (Phi) is 6.73. The highest BCUT2D eigenvalue weighted by Gasteiger charge is 2.31. The standard InChI is InChI=1S/C22H21F3N4O4S2/c1-3-35(31,32)10-4-5-18(30)13-6-9-17-16(11-13)26-20(29(17)2)28-21-27-15-8-7-14(12-19(15)34-21)33-22(23,24)25/h6-9,11-12H,3-5,10H2,1-2H3,(H,26,27,28). The van der Waals surface area contributed by atoms with Crippen molar-refractivity contribution in [3.63, 3.8) is 0 Å². The fraction of sp³-hybridized carbons (Fsp3) is 0.318. The Morgan fingerprint density at radius 1 is 1.14 bits per heavy atom. The van der Waals surface area contributed by atoms with Crippen LogP contribution in [0.2, 0.25) is 0 Å². The van der Waals surface area contributed by atoms with Gasteiger partial charge in [0.1, 0.15) is 15.6 Å². The zero-order valence-corrected chi connectivity index (χ0v) is 20.4. The molecule has 186 valence electrons. The largest absolute Gasteiger partial charge is 0.573 e. The molecule has 0 aliphatic heterocycles. The molecule has 35 heavy (non-hydrogen) atoms. The summed E-state index contributed by atoms with van der Waals surface area (Å²) in [7, 11) is -1.35. The van der Waals surface area contributed by atoms with E-state index in [1.54, 1.807) is 36.7 Å². The van der Waals surface area contributed by atoms with Crippen molar-refractivity contribution in [2.45, 2.75) is 26.1 Å². The third kappa shape index (κ3) is 5.90. The molecule has 0 saturated heterocycles. The molecule has 0 aliphatic carbocycles. The molecule has 0 aliphatic rings. The number of sulfone groups is 1. The van der Waals surface area contributed by atoms with Gasteiger partial charge < -0.3 is 14.6 Å². The molecule has 0 fully saturated rings. The smallest absolute Gasteiger partial charge is 0.406 e. The number of anilines is 2. The highest BCUT2D eigenvalue weighted by Crippen LogP contribution is 2.33. The second-order valence-electron chi connectivity index (χ2n) is 7.78. The lowest BCUT2D eigenvalue weighted by atomic mass is 10.1. The lowest BCUT2D eigenvalue weighted by Gasteiger charge is -2.07. The predicted octanol–water partition coefficient (Wildman–Crippen LogP) is 5.22. The van der Waals surface area contributed by atoms with Crippen LogP contribution in [-0.4, -0.2) is 46.6 Å². The summed E-state index contributed by atoms with van der Waals surface area (Å²) in [6.07, 6.45) is -4.40. The Labute approximate surface area is 202 Å². The summed E-state index contributed by atoms with van der Waals surface area (Å²) in [4.78, 5) is 21.4. The van der Waals surface area contributed by atoms with Gasteiger partial charge in [-0.1, -0.05) is 18.3 Å². The first-order chi connectivity index (χ1) is 16.4. The maximum atomic E-state index is 12.5. The fourth-order valence-corrected chi connectivity index (χ4v) is 5.24. The van der Waals surface area contributed by atoms with Crippen LogP contribution in [0.5, 0.6) is 5.75 Å². The second kappa shape index (κ2) is 9.46. The molecule has 4 rings (SSSR count). The van der Waals surface area contributed by atoms with Crippen LogP contribution >= 0.6 is 11.3 Å². The van der Waals surface area contributed by atoms with Crippen molar-refractivity contribution in [2.75, 3.05) is 16.8 Å². The van der Waals surface area contributed by atoms with Crippen LogP contribution < -0.4 is 10.1 Å². The van der Waals surface area contributed by atoms with Gasteiger partial charge in [-0.2, -0.15) is 0 Å². The highest BCUT2D eigenvalue weighted by atomic mass is 32.2. The van der Waals surface area contributed by atoms with Crippen molar-refractivity contribution in [3.05, 3.63) is 42.0 Å². The van der Waals surface area contributed by atoms with Gasteiger partial charge >= 0.3 is 6.36 Å². The predicted molar refractivity (Wildman–Crippen MR) is 128 cm³/mol. The first-order valence-corrected chi connectivity index (χ1v) is 13.2. The molecule has 1 N–H and O–H groups in total. The van der Waals surface area contributed by atoms with Gasteiger partial charge in [-0.15, -0.1) is 13.2 Å². The second-order valence-corrected chi connectivity index (χ2v) is 11.3. The molecule has 0 spiro atoms. The number of fused-ring (bicyclic) bond motifs is 2. The number of ketones is 1. The van der Waals surface area contributed by atoms with Gasteiger partial charge in [0.15, 0.2) is 10.9 Å². The molecule has 0 atom stereocenters. The molecular formula is C22H21F3N4O4S2. The maximum Gasteiger partial charge on any atom is 0.573 e. The number of benzene rings is 2. The van der Waals surface area contributed by atoms with Gasteiger partial charge in [0, 0.05) is 30.9 Å². The SMILES string of the molecule is CCS(=O)(=O)CCCC(=O)c1ccc2c(c1)nc(Nc1nc3ccc(OC(F)(F)F)cc3s1)n2C. The van der Waals surface area contributed by atoms with E-state index < -0.39 is 16.2 Å². The van der Waals surface area contributed by atoms with Gasteiger partial charge in [0.25, 0.3) is 0 Å². The van der Waals surface area contributed by atoms with Gasteiger partial charge in [0.05, 0.1) is 27.0 Å². The number of ether oxygens (including phenoxy) is 1. The van der Waals surface area contributed by atoms with Gasteiger partial charge in [-0.25, -0.2) is 18.4 Å². The quantitative estimate of drug-likeness (QED) is 0.298. The van der Waals surface area contributed by atoms with Crippen molar-refractivity contribution in [3.8, 4) is 5.75 Å². The molecule has 2 aromatic heterocycles. The van der Waals surface area contributed by atoms with E-state index in [1.165, 1.54) is 18.2 Å². The number of hydrogen-bond donors (Lipinski definition) is 1. The molecule has 0 amide bonds. The van der Waals surface area contributed by atoms with Crippen LogP contribution in [0.25, 0.3) is 21.3 Å². The van der Waals surface area contributed by atoms with Crippen LogP contribution in [0.3, 0.4) is 0 Å². The number of Topliss-reactive ketones (excluding diaryl/α,β-unsaturated/α-hetero) is 1. The molecule has 2 aromatic carbocycles. The monoisotopic (exact) mass is 526 g/mol. The molecule has 0 bridgehead atoms. The fourth-order valence-electron chi connectivity index (χ4n) is 3.48. The number of nitrogens with one attached hydrogen (secondary N) is 1. The minimum atomic E-state index is -4.78. The van der Waals surface area contributed by atoms with E-state index in [1.807, 2.05) is 0 Å². The first-order valence-electron chi connectivity index (χ1n) is 10.6. The number of hydrogen-bond acceptors (Lipinski definition) is 8. The van der Waals surface area contributed by atoms with Crippen molar-refractivity contribution in [1.82, 2.24) is 14.5 Å². The third-order valence-corrected chi connectivity index (χ3v) is 8.04. The number of thiazole rings is 1. The highest BCUT2D eigenvalue weighted by molar-refractivity contribution is 7.91. The lowest BCUT2D eigenvalue weighted by molar-refractivity contribution is -0.274. The normalized spacial score (nSPS) is 12.4. The number of imidazole rings is 1. The summed E-state index contributed by atoms with van der Waals surface area (Å²) in [6, 6.07) is 8.98. The van der Waals surface area contributed by atoms with E-state index in [9.17, 15) is 26.4 Å². The first kappa shape index (κ1) is 24.9.